The molecule has 4 rings (SSSR count). The number of fused-ring (bicyclic) bond motifs is 1. The molecule has 0 aliphatic heterocycles. The fourth-order valence-electron chi connectivity index (χ4n) is 2.83. The molecule has 0 spiro atoms. The van der Waals surface area contributed by atoms with Gasteiger partial charge in [0.2, 0.25) is 16.9 Å². The van der Waals surface area contributed by atoms with Crippen LogP contribution in [-0.2, 0) is 6.18 Å². The second kappa shape index (κ2) is 8.14. The highest BCUT2D eigenvalue weighted by molar-refractivity contribution is 5.89. The summed E-state index contributed by atoms with van der Waals surface area (Å²) < 4.78 is 66.2. The van der Waals surface area contributed by atoms with Gasteiger partial charge in [-0.25, -0.2) is 4.79 Å². The molecule has 0 saturated heterocycles. The molecule has 4 aromatic rings. The Labute approximate surface area is 177 Å². The van der Waals surface area contributed by atoms with Gasteiger partial charge in [-0.3, -0.25) is 4.79 Å². The van der Waals surface area contributed by atoms with Gasteiger partial charge in [0.1, 0.15) is 22.8 Å². The molecule has 0 saturated carbocycles. The summed E-state index contributed by atoms with van der Waals surface area (Å²) in [7, 11) is 1.38. The highest BCUT2D eigenvalue weighted by Gasteiger charge is 2.40. The lowest BCUT2D eigenvalue weighted by atomic mass is 10.2. The SMILES string of the molecule is COc1cccc(Oc2c(C(F)(F)F)oc3cc(OC(=O)c4ccco4)ccc3c2=O)c1. The Balaban J connectivity index is 1.78. The number of rotatable bonds is 5. The number of furan rings is 1. The van der Waals surface area contributed by atoms with Crippen LogP contribution in [0.25, 0.3) is 11.0 Å². The van der Waals surface area contributed by atoms with Crippen LogP contribution in [0.2, 0.25) is 0 Å². The van der Waals surface area contributed by atoms with Crippen LogP contribution in [0.5, 0.6) is 23.0 Å². The summed E-state index contributed by atoms with van der Waals surface area (Å²) in [5.74, 6) is -3.51. The molecule has 32 heavy (non-hydrogen) atoms. The summed E-state index contributed by atoms with van der Waals surface area (Å²) in [6, 6.07) is 12.0. The third-order valence-electron chi connectivity index (χ3n) is 4.27. The fourth-order valence-corrected chi connectivity index (χ4v) is 2.83. The van der Waals surface area contributed by atoms with E-state index >= 15 is 0 Å². The Bertz CT molecular complexity index is 1340. The zero-order chi connectivity index (χ0) is 22.9. The Morgan fingerprint density at radius 1 is 0.969 bits per heavy atom. The molecule has 0 unspecified atom stereocenters. The van der Waals surface area contributed by atoms with Crippen molar-refractivity contribution < 1.29 is 41.0 Å². The normalized spacial score (nSPS) is 11.4. The van der Waals surface area contributed by atoms with Gasteiger partial charge in [0.25, 0.3) is 5.76 Å². The van der Waals surface area contributed by atoms with Gasteiger partial charge in [0, 0.05) is 12.1 Å². The number of halogens is 3. The number of carbonyl (C=O) groups excluding carboxylic acids is 1. The molecular formula is C22H13F3O7. The average molecular weight is 446 g/mol. The minimum absolute atomic E-state index is 0.0505. The van der Waals surface area contributed by atoms with E-state index < -0.39 is 34.7 Å². The van der Waals surface area contributed by atoms with E-state index in [1.165, 1.54) is 55.8 Å². The van der Waals surface area contributed by atoms with Crippen LogP contribution < -0.4 is 19.6 Å². The quantitative estimate of drug-likeness (QED) is 0.299. The summed E-state index contributed by atoms with van der Waals surface area (Å²) in [5, 5.41) is -0.200. The number of alkyl halides is 3. The van der Waals surface area contributed by atoms with E-state index in [-0.39, 0.29) is 22.6 Å². The summed E-state index contributed by atoms with van der Waals surface area (Å²) in [6.07, 6.45) is -3.78. The topological polar surface area (TPSA) is 88.1 Å². The van der Waals surface area contributed by atoms with Crippen molar-refractivity contribution in [1.82, 2.24) is 0 Å². The third kappa shape index (κ3) is 4.15. The summed E-state index contributed by atoms with van der Waals surface area (Å²) in [5.41, 5.74) is -1.49. The molecule has 0 N–H and O–H groups in total. The molecule has 2 heterocycles. The molecule has 164 valence electrons. The zero-order valence-corrected chi connectivity index (χ0v) is 16.3. The van der Waals surface area contributed by atoms with Gasteiger partial charge < -0.3 is 23.0 Å². The molecule has 0 aliphatic carbocycles. The minimum atomic E-state index is -5.04. The number of carbonyl (C=O) groups is 1. The van der Waals surface area contributed by atoms with Crippen molar-refractivity contribution in [3.05, 3.63) is 82.6 Å². The molecule has 0 radical (unpaired) electrons. The zero-order valence-electron chi connectivity index (χ0n) is 16.3. The maximum Gasteiger partial charge on any atom is 0.453 e. The van der Waals surface area contributed by atoms with Gasteiger partial charge in [0.05, 0.1) is 18.8 Å². The van der Waals surface area contributed by atoms with E-state index in [1.54, 1.807) is 6.07 Å². The molecule has 7 nitrogen and oxygen atoms in total. The van der Waals surface area contributed by atoms with Gasteiger partial charge >= 0.3 is 12.1 Å². The van der Waals surface area contributed by atoms with Crippen LogP contribution in [0.4, 0.5) is 13.2 Å². The average Bonchev–Trinajstić information content (AvgIpc) is 3.30. The summed E-state index contributed by atoms with van der Waals surface area (Å²) in [6.45, 7) is 0. The number of ether oxygens (including phenoxy) is 3. The van der Waals surface area contributed by atoms with Crippen LogP contribution in [0.1, 0.15) is 16.3 Å². The monoisotopic (exact) mass is 446 g/mol. The van der Waals surface area contributed by atoms with Crippen molar-refractivity contribution in [3.63, 3.8) is 0 Å². The Morgan fingerprint density at radius 2 is 1.75 bits per heavy atom. The fraction of sp³-hybridized carbons (Fsp3) is 0.0909. The molecule has 0 atom stereocenters. The van der Waals surface area contributed by atoms with Gasteiger partial charge in [-0.2, -0.15) is 13.2 Å². The summed E-state index contributed by atoms with van der Waals surface area (Å²) in [4.78, 5) is 24.8. The first-order valence-corrected chi connectivity index (χ1v) is 9.02. The number of benzene rings is 2. The molecule has 2 aromatic heterocycles. The third-order valence-corrected chi connectivity index (χ3v) is 4.27. The second-order valence-electron chi connectivity index (χ2n) is 6.39. The van der Waals surface area contributed by atoms with Gasteiger partial charge in [-0.05, 0) is 36.4 Å². The number of hydrogen-bond acceptors (Lipinski definition) is 7. The molecular weight excluding hydrogens is 433 g/mol. The maximum atomic E-state index is 13.7. The lowest BCUT2D eigenvalue weighted by molar-refractivity contribution is -0.154. The van der Waals surface area contributed by atoms with E-state index in [0.29, 0.717) is 5.75 Å². The Hall–Kier alpha value is -4.21. The first-order valence-electron chi connectivity index (χ1n) is 9.02. The van der Waals surface area contributed by atoms with Crippen molar-refractivity contribution in [2.75, 3.05) is 7.11 Å². The highest BCUT2D eigenvalue weighted by Crippen LogP contribution is 2.39. The Kier molecular flexibility index (Phi) is 5.35. The van der Waals surface area contributed by atoms with Gasteiger partial charge in [-0.15, -0.1) is 0 Å². The van der Waals surface area contributed by atoms with Crippen molar-refractivity contribution in [2.24, 2.45) is 0 Å². The Morgan fingerprint density at radius 3 is 2.44 bits per heavy atom. The molecule has 2 aromatic carbocycles. The van der Waals surface area contributed by atoms with E-state index in [1.807, 2.05) is 0 Å². The van der Waals surface area contributed by atoms with Crippen LogP contribution in [0.3, 0.4) is 0 Å². The molecule has 10 heteroatoms. The molecule has 0 fully saturated rings. The first kappa shape index (κ1) is 21.0. The van der Waals surface area contributed by atoms with Gasteiger partial charge in [-0.1, -0.05) is 6.07 Å². The number of methoxy groups -OCH3 is 1. The van der Waals surface area contributed by atoms with Crippen LogP contribution in [-0.4, -0.2) is 13.1 Å². The summed E-state index contributed by atoms with van der Waals surface area (Å²) >= 11 is 0. The number of esters is 1. The second-order valence-corrected chi connectivity index (χ2v) is 6.39. The highest BCUT2D eigenvalue weighted by atomic mass is 19.4. The van der Waals surface area contributed by atoms with Crippen LogP contribution >= 0.6 is 0 Å². The standard InChI is InChI=1S/C22H13F3O7/c1-28-12-4-2-5-13(10-12)30-19-18(26)15-8-7-14(31-21(27)16-6-3-9-29-16)11-17(15)32-20(19)22(23,24)25/h2-11H,1H3. The lowest BCUT2D eigenvalue weighted by Crippen LogP contribution is -2.15. The maximum absolute atomic E-state index is 13.7. The van der Waals surface area contributed by atoms with Crippen molar-refractivity contribution in [1.29, 1.82) is 0 Å². The largest absolute Gasteiger partial charge is 0.497 e. The van der Waals surface area contributed by atoms with Crippen molar-refractivity contribution in [2.45, 2.75) is 6.18 Å². The first-order chi connectivity index (χ1) is 15.3. The van der Waals surface area contributed by atoms with Crippen molar-refractivity contribution >= 4 is 16.9 Å². The predicted octanol–water partition coefficient (Wildman–Crippen LogP) is 5.42. The van der Waals surface area contributed by atoms with Gasteiger partial charge in [0.15, 0.2) is 0 Å². The predicted molar refractivity (Wildman–Crippen MR) is 104 cm³/mol. The van der Waals surface area contributed by atoms with E-state index in [2.05, 4.69) is 0 Å². The van der Waals surface area contributed by atoms with E-state index in [9.17, 15) is 22.8 Å². The van der Waals surface area contributed by atoms with Crippen LogP contribution in [0, 0.1) is 0 Å². The lowest BCUT2D eigenvalue weighted by Gasteiger charge is -2.14. The van der Waals surface area contributed by atoms with Crippen molar-refractivity contribution in [3.8, 4) is 23.0 Å². The smallest absolute Gasteiger partial charge is 0.453 e. The number of hydrogen-bond donors (Lipinski definition) is 0. The van der Waals surface area contributed by atoms with Crippen LogP contribution in [0.15, 0.2) is 74.5 Å². The molecule has 0 aliphatic rings. The van der Waals surface area contributed by atoms with E-state index in [0.717, 1.165) is 6.07 Å². The minimum Gasteiger partial charge on any atom is -0.497 e. The van der Waals surface area contributed by atoms with E-state index in [4.69, 9.17) is 23.0 Å². The molecule has 0 bridgehead atoms. The molecule has 0 amide bonds.